The highest BCUT2D eigenvalue weighted by Gasteiger charge is 2.49. The van der Waals surface area contributed by atoms with E-state index in [0.717, 1.165) is 37.8 Å². The van der Waals surface area contributed by atoms with Gasteiger partial charge in [0.2, 0.25) is 0 Å². The van der Waals surface area contributed by atoms with Crippen LogP contribution in [0.3, 0.4) is 0 Å². The smallest absolute Gasteiger partial charge is 0.130 e. The molecule has 2 aliphatic rings. The summed E-state index contributed by atoms with van der Waals surface area (Å²) in [5.41, 5.74) is 1.22. The van der Waals surface area contributed by atoms with Gasteiger partial charge in [-0.2, -0.15) is 0 Å². The highest BCUT2D eigenvalue weighted by Crippen LogP contribution is 2.43. The van der Waals surface area contributed by atoms with Crippen LogP contribution in [0.25, 0.3) is 0 Å². The molecule has 0 spiro atoms. The number of likely N-dealkylation sites (tertiary alicyclic amines) is 1. The zero-order valence-corrected chi connectivity index (χ0v) is 13.4. The number of hydrogen-bond acceptors (Lipinski definition) is 3. The molecule has 1 saturated heterocycles. The van der Waals surface area contributed by atoms with Crippen molar-refractivity contribution in [3.8, 4) is 11.8 Å². The van der Waals surface area contributed by atoms with Gasteiger partial charge in [0.05, 0.1) is 0 Å². The number of hydrogen-bond donors (Lipinski definition) is 2. The zero-order valence-electron chi connectivity index (χ0n) is 13.4. The molecule has 1 aliphatic carbocycles. The molecule has 4 atom stereocenters. The average Bonchev–Trinajstić information content (AvgIpc) is 2.91. The topological polar surface area (TPSA) is 43.7 Å². The molecule has 1 heterocycles. The Bertz CT molecular complexity index is 601. The van der Waals surface area contributed by atoms with Gasteiger partial charge in [0.1, 0.15) is 11.8 Å². The SMILES string of the molecule is Cc1cccc(C#C[C@]2(O)CCC[C@@H]3[C@H]2CCN3C(C)O)c1. The zero-order chi connectivity index (χ0) is 15.7. The van der Waals surface area contributed by atoms with E-state index in [-0.39, 0.29) is 12.0 Å². The lowest BCUT2D eigenvalue weighted by Gasteiger charge is -2.41. The van der Waals surface area contributed by atoms with E-state index in [2.05, 4.69) is 16.7 Å². The minimum absolute atomic E-state index is 0.146. The minimum atomic E-state index is -0.920. The molecule has 0 aromatic heterocycles. The number of fused-ring (bicyclic) bond motifs is 1. The van der Waals surface area contributed by atoms with Crippen molar-refractivity contribution in [1.29, 1.82) is 0 Å². The Morgan fingerprint density at radius 2 is 2.18 bits per heavy atom. The van der Waals surface area contributed by atoms with Gasteiger partial charge in [-0.15, -0.1) is 0 Å². The van der Waals surface area contributed by atoms with E-state index < -0.39 is 11.8 Å². The summed E-state index contributed by atoms with van der Waals surface area (Å²) in [6, 6.07) is 8.34. The molecule has 0 radical (unpaired) electrons. The first kappa shape index (κ1) is 15.6. The normalized spacial score (nSPS) is 32.9. The minimum Gasteiger partial charge on any atom is -0.379 e. The van der Waals surface area contributed by atoms with E-state index in [9.17, 15) is 10.2 Å². The van der Waals surface area contributed by atoms with E-state index in [1.54, 1.807) is 0 Å². The van der Waals surface area contributed by atoms with Gasteiger partial charge < -0.3 is 10.2 Å². The van der Waals surface area contributed by atoms with Crippen molar-refractivity contribution in [3.05, 3.63) is 35.4 Å². The summed E-state index contributed by atoms with van der Waals surface area (Å²) in [5.74, 6) is 6.49. The summed E-state index contributed by atoms with van der Waals surface area (Å²) in [4.78, 5) is 2.11. The molecule has 3 heteroatoms. The van der Waals surface area contributed by atoms with Crippen molar-refractivity contribution >= 4 is 0 Å². The number of nitrogens with zero attached hydrogens (tertiary/aromatic N) is 1. The van der Waals surface area contributed by atoms with Crippen LogP contribution >= 0.6 is 0 Å². The molecule has 1 aromatic rings. The van der Waals surface area contributed by atoms with E-state index in [1.807, 2.05) is 38.1 Å². The van der Waals surface area contributed by atoms with Gasteiger partial charge in [0.15, 0.2) is 0 Å². The van der Waals surface area contributed by atoms with Gasteiger partial charge in [-0.25, -0.2) is 0 Å². The lowest BCUT2D eigenvalue weighted by molar-refractivity contribution is -0.0514. The first-order valence-electron chi connectivity index (χ1n) is 8.26. The molecular formula is C19H25NO2. The standard InChI is InChI=1S/C19H25NO2/c1-14-5-3-6-16(13-14)8-11-19(22)10-4-7-18-17(19)9-12-20(18)15(2)21/h3,5-6,13,15,17-18,21-22H,4,7,9-10,12H2,1-2H3/t15?,17-,18-,19-/m1/s1. The van der Waals surface area contributed by atoms with Crippen molar-refractivity contribution in [1.82, 2.24) is 4.90 Å². The molecule has 1 saturated carbocycles. The lowest BCUT2D eigenvalue weighted by Crippen LogP contribution is -2.50. The summed E-state index contributed by atoms with van der Waals surface area (Å²) in [6.45, 7) is 4.71. The highest BCUT2D eigenvalue weighted by molar-refractivity contribution is 5.39. The number of benzene rings is 1. The predicted octanol–water partition coefficient (Wildman–Crippen LogP) is 2.29. The van der Waals surface area contributed by atoms with Crippen molar-refractivity contribution in [2.45, 2.75) is 57.4 Å². The summed E-state index contributed by atoms with van der Waals surface area (Å²) in [6.07, 6.45) is 3.21. The second-order valence-electron chi connectivity index (χ2n) is 6.77. The van der Waals surface area contributed by atoms with Crippen molar-refractivity contribution in [2.24, 2.45) is 5.92 Å². The Hall–Kier alpha value is -1.34. The van der Waals surface area contributed by atoms with E-state index in [4.69, 9.17) is 0 Å². The number of aryl methyl sites for hydroxylation is 1. The van der Waals surface area contributed by atoms with Gasteiger partial charge >= 0.3 is 0 Å². The first-order chi connectivity index (χ1) is 10.5. The monoisotopic (exact) mass is 299 g/mol. The van der Waals surface area contributed by atoms with Crippen LogP contribution in [-0.2, 0) is 0 Å². The molecule has 0 amide bonds. The second kappa shape index (κ2) is 6.04. The van der Waals surface area contributed by atoms with Crippen LogP contribution in [0.2, 0.25) is 0 Å². The summed E-state index contributed by atoms with van der Waals surface area (Å²) in [5, 5.41) is 21.0. The molecule has 1 aliphatic heterocycles. The van der Waals surface area contributed by atoms with Crippen LogP contribution in [0.4, 0.5) is 0 Å². The highest BCUT2D eigenvalue weighted by atomic mass is 16.3. The van der Waals surface area contributed by atoms with Crippen molar-refractivity contribution in [3.63, 3.8) is 0 Å². The van der Waals surface area contributed by atoms with Crippen LogP contribution in [0.5, 0.6) is 0 Å². The van der Waals surface area contributed by atoms with Crippen LogP contribution in [0.15, 0.2) is 24.3 Å². The van der Waals surface area contributed by atoms with Gasteiger partial charge in [0, 0.05) is 24.1 Å². The summed E-state index contributed by atoms with van der Waals surface area (Å²) < 4.78 is 0. The molecule has 0 bridgehead atoms. The van der Waals surface area contributed by atoms with Gasteiger partial charge in [-0.3, -0.25) is 4.90 Å². The Kier molecular flexibility index (Phi) is 4.27. The van der Waals surface area contributed by atoms with Crippen LogP contribution in [-0.4, -0.2) is 39.5 Å². The predicted molar refractivity (Wildman–Crippen MR) is 87.1 cm³/mol. The molecule has 3 nitrogen and oxygen atoms in total. The van der Waals surface area contributed by atoms with Crippen molar-refractivity contribution in [2.75, 3.05) is 6.54 Å². The third-order valence-corrected chi connectivity index (χ3v) is 5.18. The first-order valence-corrected chi connectivity index (χ1v) is 8.26. The van der Waals surface area contributed by atoms with Crippen molar-refractivity contribution < 1.29 is 10.2 Å². The molecule has 2 N–H and O–H groups in total. The molecule has 3 rings (SSSR count). The average molecular weight is 299 g/mol. The Balaban J connectivity index is 1.84. The number of rotatable bonds is 1. The number of aliphatic hydroxyl groups is 2. The fourth-order valence-corrected chi connectivity index (χ4v) is 4.09. The fraction of sp³-hybridized carbons (Fsp3) is 0.579. The maximum absolute atomic E-state index is 11.1. The van der Waals surface area contributed by atoms with E-state index >= 15 is 0 Å². The molecule has 1 aromatic carbocycles. The van der Waals surface area contributed by atoms with Crippen LogP contribution < -0.4 is 0 Å². The fourth-order valence-electron chi connectivity index (χ4n) is 4.09. The van der Waals surface area contributed by atoms with Crippen LogP contribution in [0.1, 0.15) is 43.7 Å². The molecular weight excluding hydrogens is 274 g/mol. The molecule has 2 fully saturated rings. The second-order valence-corrected chi connectivity index (χ2v) is 6.77. The molecule has 1 unspecified atom stereocenters. The molecule has 118 valence electrons. The van der Waals surface area contributed by atoms with E-state index in [0.29, 0.717) is 0 Å². The molecule has 22 heavy (non-hydrogen) atoms. The largest absolute Gasteiger partial charge is 0.379 e. The Morgan fingerprint density at radius 3 is 2.91 bits per heavy atom. The lowest BCUT2D eigenvalue weighted by atomic mass is 9.72. The Labute approximate surface area is 133 Å². The van der Waals surface area contributed by atoms with Gasteiger partial charge in [-0.05, 0) is 57.2 Å². The third kappa shape index (κ3) is 2.92. The maximum atomic E-state index is 11.1. The third-order valence-electron chi connectivity index (χ3n) is 5.18. The number of aliphatic hydroxyl groups excluding tert-OH is 1. The summed E-state index contributed by atoms with van der Waals surface area (Å²) in [7, 11) is 0. The Morgan fingerprint density at radius 1 is 1.36 bits per heavy atom. The van der Waals surface area contributed by atoms with E-state index in [1.165, 1.54) is 5.56 Å². The summed E-state index contributed by atoms with van der Waals surface area (Å²) >= 11 is 0. The van der Waals surface area contributed by atoms with Gasteiger partial charge in [0.25, 0.3) is 0 Å². The van der Waals surface area contributed by atoms with Gasteiger partial charge in [-0.1, -0.05) is 24.0 Å². The van der Waals surface area contributed by atoms with Crippen LogP contribution in [0, 0.1) is 24.7 Å². The quantitative estimate of drug-likeness (QED) is 0.782. The maximum Gasteiger partial charge on any atom is 0.130 e.